The molecule has 0 radical (unpaired) electrons. The summed E-state index contributed by atoms with van der Waals surface area (Å²) in [7, 11) is -1.87. The van der Waals surface area contributed by atoms with Gasteiger partial charge in [-0.05, 0) is 25.0 Å². The van der Waals surface area contributed by atoms with Gasteiger partial charge in [-0.3, -0.25) is 4.72 Å². The highest BCUT2D eigenvalue weighted by Gasteiger charge is 2.36. The van der Waals surface area contributed by atoms with Crippen LogP contribution in [0.15, 0.2) is 18.2 Å². The number of nitrogens with zero attached hydrogens (tertiary/aromatic N) is 1. The molecule has 1 N–H and O–H groups in total. The van der Waals surface area contributed by atoms with Crippen molar-refractivity contribution in [2.75, 3.05) is 11.8 Å². The Kier molecular flexibility index (Phi) is 2.94. The van der Waals surface area contributed by atoms with Crippen molar-refractivity contribution in [3.05, 3.63) is 23.8 Å². The van der Waals surface area contributed by atoms with E-state index in [-0.39, 0.29) is 5.25 Å². The van der Waals surface area contributed by atoms with Gasteiger partial charge in [0.1, 0.15) is 5.75 Å². The zero-order chi connectivity index (χ0) is 12.5. The van der Waals surface area contributed by atoms with Crippen LogP contribution in [-0.4, -0.2) is 20.8 Å². The van der Waals surface area contributed by atoms with E-state index in [1.807, 2.05) is 6.07 Å². The molecule has 0 saturated heterocycles. The van der Waals surface area contributed by atoms with E-state index in [4.69, 9.17) is 10.00 Å². The zero-order valence-electron chi connectivity index (χ0n) is 9.30. The number of sulfonamides is 1. The van der Waals surface area contributed by atoms with Gasteiger partial charge in [-0.1, -0.05) is 0 Å². The maximum absolute atomic E-state index is 11.8. The number of hydrogen-bond acceptors (Lipinski definition) is 4. The molecule has 1 aliphatic carbocycles. The summed E-state index contributed by atoms with van der Waals surface area (Å²) in [6, 6.07) is 6.56. The van der Waals surface area contributed by atoms with Crippen molar-refractivity contribution in [3.63, 3.8) is 0 Å². The maximum Gasteiger partial charge on any atom is 0.235 e. The second kappa shape index (κ2) is 4.26. The first kappa shape index (κ1) is 11.7. The summed E-state index contributed by atoms with van der Waals surface area (Å²) in [5.41, 5.74) is 0.801. The fourth-order valence-electron chi connectivity index (χ4n) is 1.46. The lowest BCUT2D eigenvalue weighted by Crippen LogP contribution is -2.17. The van der Waals surface area contributed by atoms with Crippen LogP contribution in [0.4, 0.5) is 5.69 Å². The molecule has 0 aliphatic heterocycles. The number of methoxy groups -OCH3 is 1. The minimum absolute atomic E-state index is 0.289. The Balaban J connectivity index is 2.30. The first-order valence-electron chi connectivity index (χ1n) is 5.16. The smallest absolute Gasteiger partial charge is 0.235 e. The standard InChI is InChI=1S/C11H12N2O3S/c1-16-11-6-8(7-12)2-5-10(11)13-17(14,15)9-3-4-9/h2,5-6,9,13H,3-4H2,1H3. The topological polar surface area (TPSA) is 79.2 Å². The number of ether oxygens (including phenoxy) is 1. The lowest BCUT2D eigenvalue weighted by molar-refractivity contribution is 0.416. The van der Waals surface area contributed by atoms with E-state index in [1.54, 1.807) is 6.07 Å². The third kappa shape index (κ3) is 2.50. The number of rotatable bonds is 4. The average Bonchev–Trinajstić information content (AvgIpc) is 3.13. The lowest BCUT2D eigenvalue weighted by Gasteiger charge is -2.11. The minimum atomic E-state index is -3.31. The average molecular weight is 252 g/mol. The normalized spacial score (nSPS) is 15.1. The second-order valence-corrected chi connectivity index (χ2v) is 5.83. The van der Waals surface area contributed by atoms with E-state index in [1.165, 1.54) is 19.2 Å². The van der Waals surface area contributed by atoms with Crippen molar-refractivity contribution in [1.29, 1.82) is 5.26 Å². The zero-order valence-corrected chi connectivity index (χ0v) is 10.1. The van der Waals surface area contributed by atoms with Crippen molar-refractivity contribution in [3.8, 4) is 11.8 Å². The van der Waals surface area contributed by atoms with Gasteiger partial charge < -0.3 is 4.74 Å². The minimum Gasteiger partial charge on any atom is -0.495 e. The monoisotopic (exact) mass is 252 g/mol. The van der Waals surface area contributed by atoms with E-state index >= 15 is 0 Å². The van der Waals surface area contributed by atoms with Crippen LogP contribution in [-0.2, 0) is 10.0 Å². The molecule has 1 aliphatic rings. The number of nitriles is 1. The predicted octanol–water partition coefficient (Wildman–Crippen LogP) is 1.47. The van der Waals surface area contributed by atoms with Crippen LogP contribution in [0.5, 0.6) is 5.75 Å². The molecule has 6 heteroatoms. The van der Waals surface area contributed by atoms with Crippen LogP contribution in [0, 0.1) is 11.3 Å². The predicted molar refractivity (Wildman–Crippen MR) is 63.3 cm³/mol. The summed E-state index contributed by atoms with van der Waals surface area (Å²) < 4.78 is 31.1. The van der Waals surface area contributed by atoms with E-state index in [2.05, 4.69) is 4.72 Å². The van der Waals surface area contributed by atoms with Gasteiger partial charge in [0.25, 0.3) is 0 Å². The van der Waals surface area contributed by atoms with Gasteiger partial charge in [-0.25, -0.2) is 8.42 Å². The Bertz CT molecular complexity index is 571. The van der Waals surface area contributed by atoms with Crippen LogP contribution in [0.3, 0.4) is 0 Å². The largest absolute Gasteiger partial charge is 0.495 e. The molecule has 1 aromatic rings. The highest BCUT2D eigenvalue weighted by atomic mass is 32.2. The molecule has 0 amide bonds. The lowest BCUT2D eigenvalue weighted by atomic mass is 10.2. The van der Waals surface area contributed by atoms with Gasteiger partial charge in [0.15, 0.2) is 0 Å². The SMILES string of the molecule is COc1cc(C#N)ccc1NS(=O)(=O)C1CC1. The van der Waals surface area contributed by atoms with Crippen LogP contribution in [0.25, 0.3) is 0 Å². The fraction of sp³-hybridized carbons (Fsp3) is 0.364. The molecule has 0 spiro atoms. The van der Waals surface area contributed by atoms with Crippen molar-refractivity contribution in [2.45, 2.75) is 18.1 Å². The summed E-state index contributed by atoms with van der Waals surface area (Å²) in [6.45, 7) is 0. The number of anilines is 1. The molecule has 1 fully saturated rings. The van der Waals surface area contributed by atoms with E-state index in [9.17, 15) is 8.42 Å². The molecule has 5 nitrogen and oxygen atoms in total. The van der Waals surface area contributed by atoms with Gasteiger partial charge >= 0.3 is 0 Å². The number of benzene rings is 1. The Morgan fingerprint density at radius 2 is 2.18 bits per heavy atom. The van der Waals surface area contributed by atoms with Gasteiger partial charge in [0, 0.05) is 6.07 Å². The maximum atomic E-state index is 11.8. The molecule has 0 bridgehead atoms. The van der Waals surface area contributed by atoms with Gasteiger partial charge in [0.05, 0.1) is 29.7 Å². The van der Waals surface area contributed by atoms with Gasteiger partial charge in [-0.15, -0.1) is 0 Å². The van der Waals surface area contributed by atoms with Crippen LogP contribution >= 0.6 is 0 Å². The third-order valence-corrected chi connectivity index (χ3v) is 4.40. The molecule has 0 unspecified atom stereocenters. The Labute approximate surface area is 100 Å². The van der Waals surface area contributed by atoms with Crippen LogP contribution in [0.2, 0.25) is 0 Å². The first-order valence-corrected chi connectivity index (χ1v) is 6.71. The Hall–Kier alpha value is -1.74. The van der Waals surface area contributed by atoms with E-state index in [0.717, 1.165) is 0 Å². The molecule has 0 aromatic heterocycles. The summed E-state index contributed by atoms with van der Waals surface area (Å²) in [5, 5.41) is 8.45. The van der Waals surface area contributed by atoms with Crippen LogP contribution in [0.1, 0.15) is 18.4 Å². The van der Waals surface area contributed by atoms with Gasteiger partial charge in [-0.2, -0.15) is 5.26 Å². The molecule has 17 heavy (non-hydrogen) atoms. The van der Waals surface area contributed by atoms with Crippen molar-refractivity contribution in [1.82, 2.24) is 0 Å². The first-order chi connectivity index (χ1) is 8.06. The molecule has 0 atom stereocenters. The fourth-order valence-corrected chi connectivity index (χ4v) is 2.86. The number of nitrogens with one attached hydrogen (secondary N) is 1. The number of hydrogen-bond donors (Lipinski definition) is 1. The Morgan fingerprint density at radius 3 is 2.71 bits per heavy atom. The Morgan fingerprint density at radius 1 is 1.47 bits per heavy atom. The molecule has 1 saturated carbocycles. The summed E-state index contributed by atoms with van der Waals surface area (Å²) in [6.07, 6.45) is 1.40. The van der Waals surface area contributed by atoms with Crippen molar-refractivity contribution < 1.29 is 13.2 Å². The summed E-state index contributed by atoms with van der Waals surface area (Å²) in [4.78, 5) is 0. The van der Waals surface area contributed by atoms with Gasteiger partial charge in [0.2, 0.25) is 10.0 Å². The van der Waals surface area contributed by atoms with Crippen LogP contribution < -0.4 is 9.46 Å². The molecule has 1 aromatic carbocycles. The van der Waals surface area contributed by atoms with Crippen molar-refractivity contribution >= 4 is 15.7 Å². The molecular weight excluding hydrogens is 240 g/mol. The molecular formula is C11H12N2O3S. The summed E-state index contributed by atoms with van der Waals surface area (Å²) >= 11 is 0. The molecule has 90 valence electrons. The third-order valence-electron chi connectivity index (χ3n) is 2.55. The summed E-state index contributed by atoms with van der Waals surface area (Å²) in [5.74, 6) is 0.355. The quantitative estimate of drug-likeness (QED) is 0.880. The van der Waals surface area contributed by atoms with E-state index < -0.39 is 10.0 Å². The highest BCUT2D eigenvalue weighted by molar-refractivity contribution is 7.93. The molecule has 2 rings (SSSR count). The van der Waals surface area contributed by atoms with E-state index in [0.29, 0.717) is 29.8 Å². The van der Waals surface area contributed by atoms with Crippen molar-refractivity contribution in [2.24, 2.45) is 0 Å². The molecule has 0 heterocycles. The second-order valence-electron chi connectivity index (χ2n) is 3.87. The highest BCUT2D eigenvalue weighted by Crippen LogP contribution is 2.32.